The maximum absolute atomic E-state index is 12.7. The lowest BCUT2D eigenvalue weighted by Crippen LogP contribution is -2.39. The SMILES string of the molecule is O=C(NCCCC1CCN(C(=O)Cc2ccc(C(F)(F)F)cc2)CC1)C1=Cc2cnc3cccc(n23)S1. The lowest BCUT2D eigenvalue weighted by atomic mass is 9.92. The van der Waals surface area contributed by atoms with E-state index in [-0.39, 0.29) is 18.2 Å². The number of likely N-dealkylation sites (tertiary alicyclic amines) is 1. The van der Waals surface area contributed by atoms with Crippen LogP contribution in [0.5, 0.6) is 0 Å². The third-order valence-corrected chi connectivity index (χ3v) is 7.97. The van der Waals surface area contributed by atoms with Crippen molar-refractivity contribution in [3.8, 4) is 0 Å². The number of halogens is 3. The molecule has 3 aromatic rings. The van der Waals surface area contributed by atoms with Gasteiger partial charge in [0.2, 0.25) is 5.91 Å². The molecule has 10 heteroatoms. The summed E-state index contributed by atoms with van der Waals surface area (Å²) in [6.07, 6.45) is 2.98. The van der Waals surface area contributed by atoms with Crippen LogP contribution in [0.4, 0.5) is 13.2 Å². The molecule has 2 aliphatic rings. The molecule has 5 rings (SSSR count). The molecule has 0 radical (unpaired) electrons. The summed E-state index contributed by atoms with van der Waals surface area (Å²) in [6, 6.07) is 10.6. The molecule has 37 heavy (non-hydrogen) atoms. The number of pyridine rings is 1. The van der Waals surface area contributed by atoms with Gasteiger partial charge in [0, 0.05) is 19.6 Å². The van der Waals surface area contributed by atoms with Crippen molar-refractivity contribution < 1.29 is 22.8 Å². The summed E-state index contributed by atoms with van der Waals surface area (Å²) in [7, 11) is 0. The van der Waals surface area contributed by atoms with Gasteiger partial charge in [0.25, 0.3) is 5.91 Å². The van der Waals surface area contributed by atoms with Gasteiger partial charge >= 0.3 is 6.18 Å². The highest BCUT2D eigenvalue weighted by Crippen LogP contribution is 2.34. The number of nitrogens with zero attached hydrogens (tertiary/aromatic N) is 3. The Hall–Kier alpha value is -3.27. The molecule has 2 amide bonds. The Morgan fingerprint density at radius 3 is 2.57 bits per heavy atom. The number of aromatic nitrogens is 2. The zero-order valence-corrected chi connectivity index (χ0v) is 20.9. The molecule has 0 atom stereocenters. The first-order chi connectivity index (χ1) is 17.8. The standard InChI is InChI=1S/C27H27F3N4O2S/c28-27(29,30)20-8-6-19(7-9-20)15-24(35)33-13-10-18(11-14-33)3-2-12-31-26(36)22-16-21-17-32-23-4-1-5-25(37-22)34(21)23/h1,4-9,16-18H,2-3,10-15H2,(H,31,36). The number of carbonyl (C=O) groups is 2. The molecular formula is C27H27F3N4O2S. The number of amides is 2. The number of nitrogens with one attached hydrogen (secondary N) is 1. The van der Waals surface area contributed by atoms with E-state index in [9.17, 15) is 22.8 Å². The average molecular weight is 529 g/mol. The van der Waals surface area contributed by atoms with E-state index in [0.717, 1.165) is 54.2 Å². The van der Waals surface area contributed by atoms with Crippen molar-refractivity contribution in [1.29, 1.82) is 0 Å². The fraction of sp³-hybridized carbons (Fsp3) is 0.370. The number of rotatable bonds is 7. The summed E-state index contributed by atoms with van der Waals surface area (Å²) in [6.45, 7) is 1.89. The van der Waals surface area contributed by atoms with E-state index in [0.29, 0.717) is 36.0 Å². The number of thioether (sulfide) groups is 1. The summed E-state index contributed by atoms with van der Waals surface area (Å²) in [4.78, 5) is 32.1. The van der Waals surface area contributed by atoms with Gasteiger partial charge in [0.15, 0.2) is 0 Å². The largest absolute Gasteiger partial charge is 0.416 e. The normalized spacial score (nSPS) is 16.1. The van der Waals surface area contributed by atoms with E-state index < -0.39 is 11.7 Å². The van der Waals surface area contributed by atoms with Crippen LogP contribution in [0.15, 0.2) is 58.6 Å². The maximum atomic E-state index is 12.7. The molecule has 4 heterocycles. The second kappa shape index (κ2) is 10.6. The van der Waals surface area contributed by atoms with Crippen LogP contribution < -0.4 is 5.32 Å². The highest BCUT2D eigenvalue weighted by molar-refractivity contribution is 8.04. The molecule has 0 saturated carbocycles. The Balaban J connectivity index is 1.02. The van der Waals surface area contributed by atoms with E-state index in [1.54, 1.807) is 11.1 Å². The van der Waals surface area contributed by atoms with Crippen molar-refractivity contribution in [2.45, 2.75) is 43.3 Å². The predicted octanol–water partition coefficient (Wildman–Crippen LogP) is 5.18. The van der Waals surface area contributed by atoms with Crippen LogP contribution in [0.2, 0.25) is 0 Å². The van der Waals surface area contributed by atoms with Gasteiger partial charge in [-0.25, -0.2) is 4.98 Å². The Kier molecular flexibility index (Phi) is 7.28. The molecule has 6 nitrogen and oxygen atoms in total. The van der Waals surface area contributed by atoms with Crippen molar-refractivity contribution >= 4 is 35.3 Å². The second-order valence-electron chi connectivity index (χ2n) is 9.45. The Morgan fingerprint density at radius 1 is 1.08 bits per heavy atom. The van der Waals surface area contributed by atoms with Gasteiger partial charge in [-0.15, -0.1) is 0 Å². The molecule has 0 aliphatic carbocycles. The fourth-order valence-electron chi connectivity index (χ4n) is 4.85. The highest BCUT2D eigenvalue weighted by atomic mass is 32.2. The zero-order valence-electron chi connectivity index (χ0n) is 20.1. The molecule has 1 fully saturated rings. The van der Waals surface area contributed by atoms with Crippen molar-refractivity contribution in [3.63, 3.8) is 0 Å². The van der Waals surface area contributed by atoms with Crippen molar-refractivity contribution in [2.75, 3.05) is 19.6 Å². The molecule has 194 valence electrons. The molecule has 2 aromatic heterocycles. The van der Waals surface area contributed by atoms with Gasteiger partial charge in [0.1, 0.15) is 5.65 Å². The Morgan fingerprint density at radius 2 is 1.84 bits per heavy atom. The average Bonchev–Trinajstić information content (AvgIpc) is 3.31. The van der Waals surface area contributed by atoms with Crippen LogP contribution in [-0.2, 0) is 22.2 Å². The maximum Gasteiger partial charge on any atom is 0.416 e. The number of hydrogen-bond donors (Lipinski definition) is 1. The Bertz CT molecular complexity index is 1330. The molecule has 0 spiro atoms. The zero-order chi connectivity index (χ0) is 26.0. The van der Waals surface area contributed by atoms with Gasteiger partial charge in [-0.1, -0.05) is 30.0 Å². The number of hydrogen-bond acceptors (Lipinski definition) is 4. The number of carbonyl (C=O) groups excluding carboxylic acids is 2. The minimum atomic E-state index is -4.38. The van der Waals surface area contributed by atoms with Gasteiger partial charge in [-0.3, -0.25) is 14.0 Å². The van der Waals surface area contributed by atoms with Gasteiger partial charge in [0.05, 0.1) is 33.8 Å². The first-order valence-electron chi connectivity index (χ1n) is 12.4. The van der Waals surface area contributed by atoms with E-state index in [4.69, 9.17) is 0 Å². The van der Waals surface area contributed by atoms with Crippen LogP contribution in [0.25, 0.3) is 11.7 Å². The van der Waals surface area contributed by atoms with Crippen molar-refractivity contribution in [3.05, 3.63) is 70.4 Å². The summed E-state index contributed by atoms with van der Waals surface area (Å²) in [5, 5.41) is 3.99. The first kappa shape index (κ1) is 25.4. The summed E-state index contributed by atoms with van der Waals surface area (Å²) >= 11 is 1.44. The van der Waals surface area contributed by atoms with E-state index in [2.05, 4.69) is 10.3 Å². The minimum absolute atomic E-state index is 0.0548. The first-order valence-corrected chi connectivity index (χ1v) is 13.2. The number of alkyl halides is 3. The number of benzene rings is 1. The van der Waals surface area contributed by atoms with Crippen LogP contribution >= 0.6 is 11.8 Å². The smallest absolute Gasteiger partial charge is 0.352 e. The van der Waals surface area contributed by atoms with Crippen molar-refractivity contribution in [2.24, 2.45) is 5.92 Å². The third kappa shape index (κ3) is 5.84. The highest BCUT2D eigenvalue weighted by Gasteiger charge is 2.30. The van der Waals surface area contributed by atoms with Crippen LogP contribution in [-0.4, -0.2) is 45.7 Å². The van der Waals surface area contributed by atoms with Crippen LogP contribution in [0.1, 0.15) is 42.5 Å². The molecule has 2 aliphatic heterocycles. The van der Waals surface area contributed by atoms with E-state index >= 15 is 0 Å². The summed E-state index contributed by atoms with van der Waals surface area (Å²) in [5.41, 5.74) is 1.64. The van der Waals surface area contributed by atoms with E-state index in [1.807, 2.05) is 28.7 Å². The topological polar surface area (TPSA) is 66.7 Å². The lowest BCUT2D eigenvalue weighted by molar-refractivity contribution is -0.137. The molecule has 1 saturated heterocycles. The molecule has 1 N–H and O–H groups in total. The predicted molar refractivity (Wildman–Crippen MR) is 136 cm³/mol. The number of imidazole rings is 1. The quantitative estimate of drug-likeness (QED) is 0.430. The minimum Gasteiger partial charge on any atom is -0.352 e. The van der Waals surface area contributed by atoms with Crippen LogP contribution in [0.3, 0.4) is 0 Å². The third-order valence-electron chi connectivity index (χ3n) is 6.92. The molecular weight excluding hydrogens is 501 g/mol. The monoisotopic (exact) mass is 528 g/mol. The fourth-order valence-corrected chi connectivity index (χ4v) is 5.85. The lowest BCUT2D eigenvalue weighted by Gasteiger charge is -2.32. The molecule has 0 bridgehead atoms. The molecule has 0 unspecified atom stereocenters. The van der Waals surface area contributed by atoms with E-state index in [1.165, 1.54) is 23.9 Å². The van der Waals surface area contributed by atoms with Crippen molar-refractivity contribution in [1.82, 2.24) is 19.6 Å². The van der Waals surface area contributed by atoms with Gasteiger partial charge in [-0.2, -0.15) is 13.2 Å². The van der Waals surface area contributed by atoms with Gasteiger partial charge < -0.3 is 10.2 Å². The summed E-state index contributed by atoms with van der Waals surface area (Å²) in [5.74, 6) is 0.348. The number of piperidine rings is 1. The van der Waals surface area contributed by atoms with Gasteiger partial charge in [-0.05, 0) is 67.5 Å². The summed E-state index contributed by atoms with van der Waals surface area (Å²) < 4.78 is 40.2. The van der Waals surface area contributed by atoms with Crippen LogP contribution in [0, 0.1) is 5.92 Å². The second-order valence-corrected chi connectivity index (χ2v) is 10.5. The Labute approximate surface area is 216 Å². The molecule has 1 aromatic carbocycles.